The highest BCUT2D eigenvalue weighted by atomic mass is 32.2. The number of fused-ring (bicyclic) bond motifs is 2. The van der Waals surface area contributed by atoms with Gasteiger partial charge in [-0.3, -0.25) is 4.79 Å². The Kier molecular flexibility index (Phi) is 4.06. The molecule has 20 heavy (non-hydrogen) atoms. The number of aromatic nitrogens is 2. The molecule has 2 bridgehead atoms. The van der Waals surface area contributed by atoms with E-state index in [1.54, 1.807) is 0 Å². The Morgan fingerprint density at radius 3 is 2.95 bits per heavy atom. The molecule has 2 aliphatic carbocycles. The first kappa shape index (κ1) is 14.0. The van der Waals surface area contributed by atoms with Crippen LogP contribution in [0, 0.1) is 17.8 Å². The topological polar surface area (TPSA) is 55.1 Å². The number of imidazole rings is 1. The largest absolute Gasteiger partial charge is 0.481 e. The van der Waals surface area contributed by atoms with Gasteiger partial charge in [0.25, 0.3) is 0 Å². The predicted molar refractivity (Wildman–Crippen MR) is 78.9 cm³/mol. The van der Waals surface area contributed by atoms with Crippen LogP contribution in [0.3, 0.4) is 0 Å². The average Bonchev–Trinajstić information content (AvgIpc) is 3.11. The number of hydrogen-bond acceptors (Lipinski definition) is 3. The molecule has 1 aromatic heterocycles. The highest BCUT2D eigenvalue weighted by Crippen LogP contribution is 2.49. The third-order valence-electron chi connectivity index (χ3n) is 4.89. The summed E-state index contributed by atoms with van der Waals surface area (Å²) in [6.45, 7) is 3.17. The van der Waals surface area contributed by atoms with Crippen molar-refractivity contribution in [3.8, 4) is 0 Å². The van der Waals surface area contributed by atoms with Gasteiger partial charge in [-0.1, -0.05) is 25.1 Å². The Balaban J connectivity index is 1.73. The summed E-state index contributed by atoms with van der Waals surface area (Å²) in [6, 6.07) is 0. The number of rotatable bonds is 6. The van der Waals surface area contributed by atoms with E-state index in [1.165, 1.54) is 43.1 Å². The van der Waals surface area contributed by atoms with Crippen LogP contribution in [0.25, 0.3) is 0 Å². The van der Waals surface area contributed by atoms with Gasteiger partial charge in [0.2, 0.25) is 0 Å². The lowest BCUT2D eigenvalue weighted by molar-refractivity contribution is -0.133. The Labute approximate surface area is 124 Å². The van der Waals surface area contributed by atoms with Gasteiger partial charge in [-0.2, -0.15) is 0 Å². The fraction of sp³-hybridized carbons (Fsp3) is 0.733. The third kappa shape index (κ3) is 2.73. The van der Waals surface area contributed by atoms with Crippen LogP contribution in [-0.4, -0.2) is 26.4 Å². The maximum atomic E-state index is 10.8. The minimum Gasteiger partial charge on any atom is -0.481 e. The van der Waals surface area contributed by atoms with Crippen molar-refractivity contribution < 1.29 is 9.90 Å². The van der Waals surface area contributed by atoms with Gasteiger partial charge >= 0.3 is 5.97 Å². The number of hydrogen-bond donors (Lipinski definition) is 1. The zero-order valence-corrected chi connectivity index (χ0v) is 12.7. The number of carbonyl (C=O) groups is 1. The van der Waals surface area contributed by atoms with Crippen LogP contribution in [0.2, 0.25) is 0 Å². The smallest absolute Gasteiger partial charge is 0.313 e. The van der Waals surface area contributed by atoms with E-state index in [2.05, 4.69) is 16.5 Å². The lowest BCUT2D eigenvalue weighted by Gasteiger charge is -2.23. The van der Waals surface area contributed by atoms with Crippen molar-refractivity contribution in [3.63, 3.8) is 0 Å². The fourth-order valence-corrected chi connectivity index (χ4v) is 4.67. The van der Waals surface area contributed by atoms with Crippen molar-refractivity contribution in [2.45, 2.75) is 50.7 Å². The second kappa shape index (κ2) is 5.80. The van der Waals surface area contributed by atoms with Gasteiger partial charge in [0.1, 0.15) is 0 Å². The molecule has 3 rings (SSSR count). The lowest BCUT2D eigenvalue weighted by atomic mass is 9.89. The molecule has 0 amide bonds. The number of thioether (sulfide) groups is 1. The molecule has 2 aliphatic rings. The van der Waals surface area contributed by atoms with Crippen molar-refractivity contribution in [2.75, 3.05) is 5.75 Å². The van der Waals surface area contributed by atoms with E-state index >= 15 is 0 Å². The molecule has 1 heterocycles. The van der Waals surface area contributed by atoms with Crippen molar-refractivity contribution in [1.29, 1.82) is 0 Å². The van der Waals surface area contributed by atoms with E-state index in [0.29, 0.717) is 0 Å². The van der Waals surface area contributed by atoms with E-state index in [1.807, 2.05) is 6.20 Å². The summed E-state index contributed by atoms with van der Waals surface area (Å²) in [5, 5.41) is 9.72. The molecule has 4 nitrogen and oxygen atoms in total. The summed E-state index contributed by atoms with van der Waals surface area (Å²) in [4.78, 5) is 15.2. The van der Waals surface area contributed by atoms with E-state index in [4.69, 9.17) is 5.11 Å². The van der Waals surface area contributed by atoms with Crippen molar-refractivity contribution in [3.05, 3.63) is 11.9 Å². The molecule has 110 valence electrons. The third-order valence-corrected chi connectivity index (χ3v) is 5.87. The Hall–Kier alpha value is -0.970. The van der Waals surface area contributed by atoms with Gasteiger partial charge in [0.15, 0.2) is 5.16 Å². The maximum Gasteiger partial charge on any atom is 0.313 e. The Bertz CT molecular complexity index is 500. The van der Waals surface area contributed by atoms with Crippen LogP contribution >= 0.6 is 11.8 Å². The first-order chi connectivity index (χ1) is 9.67. The van der Waals surface area contributed by atoms with E-state index in [9.17, 15) is 4.79 Å². The molecule has 0 aliphatic heterocycles. The first-order valence-electron chi connectivity index (χ1n) is 7.56. The number of nitrogens with zero attached hydrogens (tertiary/aromatic N) is 2. The van der Waals surface area contributed by atoms with E-state index in [0.717, 1.165) is 35.9 Å². The molecule has 0 spiro atoms. The lowest BCUT2D eigenvalue weighted by Crippen LogP contribution is -2.19. The minimum absolute atomic E-state index is 0.0941. The molecule has 1 N–H and O–H groups in total. The van der Waals surface area contributed by atoms with Gasteiger partial charge in [-0.05, 0) is 43.4 Å². The van der Waals surface area contributed by atoms with E-state index in [-0.39, 0.29) is 5.75 Å². The van der Waals surface area contributed by atoms with Gasteiger partial charge in [0.05, 0.1) is 5.75 Å². The van der Waals surface area contributed by atoms with Crippen LogP contribution in [0.1, 0.15) is 38.3 Å². The molecule has 0 radical (unpaired) electrons. The van der Waals surface area contributed by atoms with Crippen molar-refractivity contribution in [2.24, 2.45) is 17.8 Å². The molecule has 5 heteroatoms. The first-order valence-corrected chi connectivity index (χ1v) is 8.55. The van der Waals surface area contributed by atoms with Crippen LogP contribution in [-0.2, 0) is 17.8 Å². The maximum absolute atomic E-state index is 10.8. The van der Waals surface area contributed by atoms with Gasteiger partial charge in [0, 0.05) is 18.4 Å². The molecule has 0 aromatic carbocycles. The molecular weight excluding hydrogens is 272 g/mol. The summed E-state index contributed by atoms with van der Waals surface area (Å²) >= 11 is 1.35. The molecule has 3 atom stereocenters. The van der Waals surface area contributed by atoms with Crippen LogP contribution in [0.5, 0.6) is 0 Å². The standard InChI is InChI=1S/C15H22N2O2S/c1-2-13-7-16-15(20-9-14(18)19)17(13)8-12-6-10-3-4-11(12)5-10/h7,10-12H,2-6,8-9H2,1H3,(H,18,19). The number of carboxylic acid groups (broad SMARTS) is 1. The van der Waals surface area contributed by atoms with Crippen LogP contribution in [0.4, 0.5) is 0 Å². The number of aliphatic carboxylic acids is 1. The van der Waals surface area contributed by atoms with Crippen LogP contribution < -0.4 is 0 Å². The molecule has 2 saturated carbocycles. The van der Waals surface area contributed by atoms with Gasteiger partial charge in [-0.15, -0.1) is 0 Å². The average molecular weight is 294 g/mol. The monoisotopic (exact) mass is 294 g/mol. The summed E-state index contributed by atoms with van der Waals surface area (Å²) in [6.07, 6.45) is 8.46. The second-order valence-electron chi connectivity index (χ2n) is 6.11. The SMILES string of the molecule is CCc1cnc(SCC(=O)O)n1CC1CC2CCC1C2. The normalized spacial score (nSPS) is 28.1. The minimum atomic E-state index is -0.775. The zero-order chi connectivity index (χ0) is 14.1. The summed E-state index contributed by atoms with van der Waals surface area (Å²) < 4.78 is 2.28. The molecule has 0 saturated heterocycles. The van der Waals surface area contributed by atoms with Crippen molar-refractivity contribution in [1.82, 2.24) is 9.55 Å². The van der Waals surface area contributed by atoms with Gasteiger partial charge < -0.3 is 9.67 Å². The molecule has 3 unspecified atom stereocenters. The zero-order valence-electron chi connectivity index (χ0n) is 11.9. The summed E-state index contributed by atoms with van der Waals surface area (Å²) in [5.74, 6) is 1.94. The number of aryl methyl sites for hydroxylation is 1. The summed E-state index contributed by atoms with van der Waals surface area (Å²) in [7, 11) is 0. The Morgan fingerprint density at radius 2 is 2.35 bits per heavy atom. The highest BCUT2D eigenvalue weighted by molar-refractivity contribution is 7.99. The van der Waals surface area contributed by atoms with Gasteiger partial charge in [-0.25, -0.2) is 4.98 Å². The number of carboxylic acids is 1. The highest BCUT2D eigenvalue weighted by Gasteiger charge is 2.39. The predicted octanol–water partition coefficient (Wildman–Crippen LogP) is 3.06. The fourth-order valence-electron chi connectivity index (χ4n) is 3.95. The van der Waals surface area contributed by atoms with E-state index < -0.39 is 5.97 Å². The second-order valence-corrected chi connectivity index (χ2v) is 7.06. The Morgan fingerprint density at radius 1 is 1.50 bits per heavy atom. The molecule has 2 fully saturated rings. The van der Waals surface area contributed by atoms with Crippen molar-refractivity contribution >= 4 is 17.7 Å². The molecule has 1 aromatic rings. The quantitative estimate of drug-likeness (QED) is 0.819. The summed E-state index contributed by atoms with van der Waals surface area (Å²) in [5.41, 5.74) is 1.24. The molecular formula is C15H22N2O2S. The van der Waals surface area contributed by atoms with Crippen LogP contribution in [0.15, 0.2) is 11.4 Å².